The van der Waals surface area contributed by atoms with Gasteiger partial charge in [0.2, 0.25) is 0 Å². The Morgan fingerprint density at radius 2 is 2.22 bits per heavy atom. The predicted molar refractivity (Wildman–Crippen MR) is 82.3 cm³/mol. The van der Waals surface area contributed by atoms with E-state index in [2.05, 4.69) is 22.4 Å². The monoisotopic (exact) mass is 319 g/mol. The normalized spacial score (nSPS) is 17.8. The Morgan fingerprint density at radius 1 is 1.43 bits per heavy atom. The van der Waals surface area contributed by atoms with Crippen LogP contribution < -0.4 is 10.2 Å². The van der Waals surface area contributed by atoms with Crippen molar-refractivity contribution in [3.8, 4) is 12.1 Å². The molecule has 0 saturated carbocycles. The van der Waals surface area contributed by atoms with Gasteiger partial charge in [0.05, 0.1) is 17.7 Å². The number of nitrogens with zero attached hydrogens (tertiary/aromatic N) is 4. The third-order valence-corrected chi connectivity index (χ3v) is 4.03. The van der Waals surface area contributed by atoms with Gasteiger partial charge in [-0.05, 0) is 24.8 Å². The van der Waals surface area contributed by atoms with Crippen molar-refractivity contribution in [3.63, 3.8) is 0 Å². The number of hydrogen-bond acceptors (Lipinski definition) is 5. The average molecular weight is 319 g/mol. The molecule has 5 nitrogen and oxygen atoms in total. The van der Waals surface area contributed by atoms with Gasteiger partial charge < -0.3 is 10.2 Å². The zero-order valence-corrected chi connectivity index (χ0v) is 13.0. The molecule has 1 N–H and O–H groups in total. The van der Waals surface area contributed by atoms with Crippen LogP contribution in [0.1, 0.15) is 36.5 Å². The molecule has 0 aliphatic carbocycles. The molecule has 122 valence electrons. The molecule has 1 fully saturated rings. The van der Waals surface area contributed by atoms with Crippen LogP contribution in [0.2, 0.25) is 0 Å². The maximum atomic E-state index is 12.3. The van der Waals surface area contributed by atoms with Gasteiger partial charge in [0, 0.05) is 25.3 Å². The van der Waals surface area contributed by atoms with Gasteiger partial charge >= 0.3 is 0 Å². The fraction of sp³-hybridized carbons (Fsp3) is 0.562. The molecule has 1 atom stereocenters. The van der Waals surface area contributed by atoms with E-state index < -0.39 is 6.43 Å². The van der Waals surface area contributed by atoms with Crippen molar-refractivity contribution < 1.29 is 8.78 Å². The summed E-state index contributed by atoms with van der Waals surface area (Å²) in [6.45, 7) is 2.82. The Balaban J connectivity index is 2.24. The second-order valence-electron chi connectivity index (χ2n) is 5.51. The molecule has 1 aromatic heterocycles. The maximum absolute atomic E-state index is 12.3. The third-order valence-electron chi connectivity index (χ3n) is 4.03. The summed E-state index contributed by atoms with van der Waals surface area (Å²) in [5, 5.41) is 21.5. The van der Waals surface area contributed by atoms with Crippen molar-refractivity contribution in [2.75, 3.05) is 24.5 Å². The van der Waals surface area contributed by atoms with Gasteiger partial charge in [0.1, 0.15) is 18.0 Å². The fourth-order valence-electron chi connectivity index (χ4n) is 2.95. The molecular weight excluding hydrogens is 300 g/mol. The lowest BCUT2D eigenvalue weighted by Gasteiger charge is -2.34. The molecule has 1 saturated heterocycles. The van der Waals surface area contributed by atoms with Gasteiger partial charge in [-0.1, -0.05) is 6.92 Å². The lowest BCUT2D eigenvalue weighted by Crippen LogP contribution is -2.47. The molecule has 23 heavy (non-hydrogen) atoms. The van der Waals surface area contributed by atoms with Gasteiger partial charge in [-0.2, -0.15) is 10.5 Å². The summed E-state index contributed by atoms with van der Waals surface area (Å²) >= 11 is 0. The zero-order valence-electron chi connectivity index (χ0n) is 13.0. The molecule has 7 heteroatoms. The Kier molecular flexibility index (Phi) is 5.84. The van der Waals surface area contributed by atoms with Crippen LogP contribution in [0.5, 0.6) is 0 Å². The molecule has 0 unspecified atom stereocenters. The molecule has 0 amide bonds. The Labute approximate surface area is 134 Å². The largest absolute Gasteiger partial charge is 0.354 e. The molecule has 1 aliphatic heterocycles. The molecule has 0 bridgehead atoms. The van der Waals surface area contributed by atoms with Crippen LogP contribution in [0.3, 0.4) is 0 Å². The maximum Gasteiger partial charge on any atom is 0.250 e. The highest BCUT2D eigenvalue weighted by atomic mass is 19.3. The van der Waals surface area contributed by atoms with Gasteiger partial charge in [-0.25, -0.2) is 13.8 Å². The van der Waals surface area contributed by atoms with E-state index in [4.69, 9.17) is 5.26 Å². The summed E-state index contributed by atoms with van der Waals surface area (Å²) in [4.78, 5) is 6.24. The second kappa shape index (κ2) is 7.85. The first-order chi connectivity index (χ1) is 11.1. The van der Waals surface area contributed by atoms with Crippen molar-refractivity contribution in [3.05, 3.63) is 22.9 Å². The molecule has 0 radical (unpaired) electrons. The van der Waals surface area contributed by atoms with E-state index in [0.29, 0.717) is 35.5 Å². The number of halogens is 2. The Bertz CT molecular complexity index is 633. The van der Waals surface area contributed by atoms with E-state index in [1.54, 1.807) is 0 Å². The third kappa shape index (κ3) is 3.94. The number of piperidine rings is 1. The second-order valence-corrected chi connectivity index (χ2v) is 5.51. The molecule has 0 aromatic carbocycles. The van der Waals surface area contributed by atoms with Crippen LogP contribution in [0, 0.1) is 22.7 Å². The molecule has 2 heterocycles. The summed E-state index contributed by atoms with van der Waals surface area (Å²) in [7, 11) is 0. The van der Waals surface area contributed by atoms with E-state index in [1.165, 1.54) is 6.20 Å². The number of aromatic nitrogens is 1. The minimum absolute atomic E-state index is 0.0492. The van der Waals surface area contributed by atoms with Crippen LogP contribution >= 0.6 is 0 Å². The van der Waals surface area contributed by atoms with Crippen molar-refractivity contribution in [2.45, 2.75) is 38.7 Å². The number of anilines is 1. The van der Waals surface area contributed by atoms with E-state index in [-0.39, 0.29) is 12.6 Å². The van der Waals surface area contributed by atoms with Crippen molar-refractivity contribution in [1.29, 1.82) is 10.5 Å². The number of nitrogens with one attached hydrogen (secondary N) is 1. The minimum Gasteiger partial charge on any atom is -0.354 e. The van der Waals surface area contributed by atoms with Gasteiger partial charge in [0.15, 0.2) is 0 Å². The smallest absolute Gasteiger partial charge is 0.250 e. The molecule has 1 aromatic rings. The lowest BCUT2D eigenvalue weighted by molar-refractivity contribution is 0.140. The molecule has 2 rings (SSSR count). The number of pyridine rings is 1. The van der Waals surface area contributed by atoms with Crippen LogP contribution in [-0.2, 0) is 6.42 Å². The number of hydrogen-bond donors (Lipinski definition) is 1. The van der Waals surface area contributed by atoms with E-state index in [9.17, 15) is 14.0 Å². The lowest BCUT2D eigenvalue weighted by atomic mass is 10.00. The molecular formula is C16H19F2N5. The van der Waals surface area contributed by atoms with E-state index in [0.717, 1.165) is 19.4 Å². The first kappa shape index (κ1) is 17.1. The van der Waals surface area contributed by atoms with E-state index in [1.807, 2.05) is 11.8 Å². The fourth-order valence-corrected chi connectivity index (χ4v) is 2.95. The van der Waals surface area contributed by atoms with Crippen LogP contribution in [-0.4, -0.2) is 37.1 Å². The van der Waals surface area contributed by atoms with E-state index >= 15 is 0 Å². The van der Waals surface area contributed by atoms with Crippen molar-refractivity contribution in [2.24, 2.45) is 0 Å². The predicted octanol–water partition coefficient (Wildman–Crippen LogP) is 2.21. The topological polar surface area (TPSA) is 75.7 Å². The highest BCUT2D eigenvalue weighted by Crippen LogP contribution is 2.26. The quantitative estimate of drug-likeness (QED) is 0.900. The minimum atomic E-state index is -2.38. The number of nitriles is 2. The standard InChI is InChI=1S/C16H19F2N5/c1-2-13-11(6-19)8-22-16(14(13)7-20)23-5-3-4-12(10-23)21-9-15(17)18/h8,12,15,21H,2-5,9-10H2,1H3/t12-/m0/s1. The van der Waals surface area contributed by atoms with Crippen LogP contribution in [0.15, 0.2) is 6.20 Å². The average Bonchev–Trinajstić information content (AvgIpc) is 2.58. The zero-order chi connectivity index (χ0) is 16.8. The Hall–Kier alpha value is -2.25. The summed E-state index contributed by atoms with van der Waals surface area (Å²) in [5.74, 6) is 0.548. The summed E-state index contributed by atoms with van der Waals surface area (Å²) in [6.07, 6.45) is 1.35. The van der Waals surface area contributed by atoms with Crippen molar-refractivity contribution in [1.82, 2.24) is 10.3 Å². The van der Waals surface area contributed by atoms with Crippen LogP contribution in [0.25, 0.3) is 0 Å². The van der Waals surface area contributed by atoms with Crippen molar-refractivity contribution >= 4 is 5.82 Å². The summed E-state index contributed by atoms with van der Waals surface area (Å²) in [6, 6.07) is 4.17. The SMILES string of the molecule is CCc1c(C#N)cnc(N2CCC[C@H](NCC(F)F)C2)c1C#N. The highest BCUT2D eigenvalue weighted by Gasteiger charge is 2.25. The first-order valence-corrected chi connectivity index (χ1v) is 7.69. The van der Waals surface area contributed by atoms with Gasteiger partial charge in [0.25, 0.3) is 6.43 Å². The van der Waals surface area contributed by atoms with Crippen LogP contribution in [0.4, 0.5) is 14.6 Å². The summed E-state index contributed by atoms with van der Waals surface area (Å²) < 4.78 is 24.7. The first-order valence-electron chi connectivity index (χ1n) is 7.69. The molecule has 0 spiro atoms. The number of alkyl halides is 2. The number of rotatable bonds is 5. The Morgan fingerprint density at radius 3 is 2.83 bits per heavy atom. The summed E-state index contributed by atoms with van der Waals surface area (Å²) in [5.41, 5.74) is 1.53. The van der Waals surface area contributed by atoms with Gasteiger partial charge in [-0.3, -0.25) is 0 Å². The highest BCUT2D eigenvalue weighted by molar-refractivity contribution is 5.61. The van der Waals surface area contributed by atoms with Gasteiger partial charge in [-0.15, -0.1) is 0 Å². The molecule has 1 aliphatic rings.